The topological polar surface area (TPSA) is 62.2 Å². The van der Waals surface area contributed by atoms with E-state index in [0.29, 0.717) is 31.0 Å². The number of aliphatic hydroxyl groups is 1. The van der Waals surface area contributed by atoms with Gasteiger partial charge < -0.3 is 14.6 Å². The lowest BCUT2D eigenvalue weighted by molar-refractivity contribution is -0.0325. The van der Waals surface area contributed by atoms with Crippen LogP contribution in [0.3, 0.4) is 0 Å². The van der Waals surface area contributed by atoms with Crippen molar-refractivity contribution >= 4 is 23.4 Å². The normalized spacial score (nSPS) is 21.8. The van der Waals surface area contributed by atoms with Crippen LogP contribution in [0.25, 0.3) is 0 Å². The van der Waals surface area contributed by atoms with Crippen molar-refractivity contribution in [1.29, 1.82) is 0 Å². The Kier molecular flexibility index (Phi) is 5.67. The summed E-state index contributed by atoms with van der Waals surface area (Å²) in [5.41, 5.74) is 0.873. The standard InChI is InChI=1S/C22H25ClN2O4/c1-28-19-8-2-16(3-9-19)22(27)10-12-24(13-11-22)14-20-15-25(21(26)29-20)18-6-4-17(23)5-7-18/h2-9,20,27H,10-15H2,1H3. The van der Waals surface area contributed by atoms with Crippen molar-refractivity contribution in [3.05, 3.63) is 59.1 Å². The van der Waals surface area contributed by atoms with Gasteiger partial charge in [0, 0.05) is 30.3 Å². The lowest BCUT2D eigenvalue weighted by Crippen LogP contribution is -2.45. The maximum absolute atomic E-state index is 12.3. The fourth-order valence-electron chi connectivity index (χ4n) is 4.03. The van der Waals surface area contributed by atoms with E-state index in [0.717, 1.165) is 30.1 Å². The first-order valence-electron chi connectivity index (χ1n) is 9.80. The molecule has 2 aliphatic heterocycles. The molecule has 154 valence electrons. The van der Waals surface area contributed by atoms with Gasteiger partial charge in [-0.15, -0.1) is 0 Å². The highest BCUT2D eigenvalue weighted by atomic mass is 35.5. The predicted octanol–water partition coefficient (Wildman–Crippen LogP) is 3.66. The minimum atomic E-state index is -0.829. The van der Waals surface area contributed by atoms with E-state index in [1.54, 1.807) is 24.1 Å². The van der Waals surface area contributed by atoms with Crippen LogP contribution in [-0.4, -0.2) is 55.5 Å². The molecule has 1 amide bonds. The van der Waals surface area contributed by atoms with Crippen LogP contribution in [0.15, 0.2) is 48.5 Å². The molecule has 4 rings (SSSR count). The Morgan fingerprint density at radius 2 is 1.79 bits per heavy atom. The van der Waals surface area contributed by atoms with Crippen LogP contribution in [0.4, 0.5) is 10.5 Å². The number of carbonyl (C=O) groups excluding carboxylic acids is 1. The van der Waals surface area contributed by atoms with Crippen molar-refractivity contribution in [3.8, 4) is 5.75 Å². The first-order chi connectivity index (χ1) is 14.0. The highest BCUT2D eigenvalue weighted by molar-refractivity contribution is 6.30. The number of amides is 1. The second-order valence-electron chi connectivity index (χ2n) is 7.65. The lowest BCUT2D eigenvalue weighted by Gasteiger charge is -2.39. The maximum Gasteiger partial charge on any atom is 0.414 e. The Bertz CT molecular complexity index is 848. The number of nitrogens with zero attached hydrogens (tertiary/aromatic N) is 2. The molecule has 2 aromatic rings. The zero-order chi connectivity index (χ0) is 20.4. The van der Waals surface area contributed by atoms with Gasteiger partial charge in [-0.3, -0.25) is 9.80 Å². The molecule has 2 aromatic carbocycles. The molecule has 2 aliphatic rings. The van der Waals surface area contributed by atoms with Gasteiger partial charge in [0.15, 0.2) is 0 Å². The largest absolute Gasteiger partial charge is 0.497 e. The van der Waals surface area contributed by atoms with Gasteiger partial charge in [-0.1, -0.05) is 23.7 Å². The van der Waals surface area contributed by atoms with Crippen LogP contribution >= 0.6 is 11.6 Å². The molecule has 2 heterocycles. The van der Waals surface area contributed by atoms with E-state index in [-0.39, 0.29) is 12.2 Å². The van der Waals surface area contributed by atoms with Crippen molar-refractivity contribution in [2.75, 3.05) is 38.2 Å². The summed E-state index contributed by atoms with van der Waals surface area (Å²) < 4.78 is 10.8. The summed E-state index contributed by atoms with van der Waals surface area (Å²) in [5.74, 6) is 0.781. The van der Waals surface area contributed by atoms with Gasteiger partial charge in [0.05, 0.1) is 19.3 Å². The van der Waals surface area contributed by atoms with Crippen molar-refractivity contribution in [2.45, 2.75) is 24.5 Å². The van der Waals surface area contributed by atoms with Crippen molar-refractivity contribution < 1.29 is 19.4 Å². The molecule has 1 atom stereocenters. The van der Waals surface area contributed by atoms with Gasteiger partial charge in [0.1, 0.15) is 11.9 Å². The fourth-order valence-corrected chi connectivity index (χ4v) is 4.16. The molecule has 0 aromatic heterocycles. The Morgan fingerprint density at radius 1 is 1.14 bits per heavy atom. The number of cyclic esters (lactones) is 1. The number of benzene rings is 2. The molecule has 1 N–H and O–H groups in total. The Balaban J connectivity index is 1.32. The summed E-state index contributed by atoms with van der Waals surface area (Å²) in [6, 6.07) is 14.8. The smallest absolute Gasteiger partial charge is 0.414 e. The number of carbonyl (C=O) groups is 1. The third kappa shape index (κ3) is 4.34. The zero-order valence-corrected chi connectivity index (χ0v) is 17.1. The monoisotopic (exact) mass is 416 g/mol. The number of methoxy groups -OCH3 is 1. The van der Waals surface area contributed by atoms with E-state index in [9.17, 15) is 9.90 Å². The van der Waals surface area contributed by atoms with Crippen molar-refractivity contribution in [3.63, 3.8) is 0 Å². The molecule has 0 saturated carbocycles. The molecule has 0 spiro atoms. The second-order valence-corrected chi connectivity index (χ2v) is 8.09. The maximum atomic E-state index is 12.3. The summed E-state index contributed by atoms with van der Waals surface area (Å²) >= 11 is 5.93. The molecule has 29 heavy (non-hydrogen) atoms. The zero-order valence-electron chi connectivity index (χ0n) is 16.4. The van der Waals surface area contributed by atoms with E-state index in [2.05, 4.69) is 4.90 Å². The van der Waals surface area contributed by atoms with Crippen LogP contribution in [0.2, 0.25) is 5.02 Å². The van der Waals surface area contributed by atoms with Gasteiger partial charge >= 0.3 is 6.09 Å². The minimum absolute atomic E-state index is 0.189. The Hall–Kier alpha value is -2.28. The highest BCUT2D eigenvalue weighted by Crippen LogP contribution is 2.34. The molecular formula is C22H25ClN2O4. The average molecular weight is 417 g/mol. The van der Waals surface area contributed by atoms with Crippen molar-refractivity contribution in [2.24, 2.45) is 0 Å². The molecule has 1 unspecified atom stereocenters. The average Bonchev–Trinajstić information content (AvgIpc) is 3.10. The van der Waals surface area contributed by atoms with Gasteiger partial charge in [-0.05, 0) is 54.8 Å². The van der Waals surface area contributed by atoms with Crippen molar-refractivity contribution in [1.82, 2.24) is 4.90 Å². The molecule has 6 nitrogen and oxygen atoms in total. The first-order valence-corrected chi connectivity index (χ1v) is 10.2. The highest BCUT2D eigenvalue weighted by Gasteiger charge is 2.37. The number of ether oxygens (including phenoxy) is 2. The molecule has 0 aliphatic carbocycles. The number of rotatable bonds is 5. The molecule has 0 bridgehead atoms. The Labute approximate surface area is 175 Å². The number of anilines is 1. The van der Waals surface area contributed by atoms with E-state index in [1.165, 1.54) is 0 Å². The molecule has 7 heteroatoms. The van der Waals surface area contributed by atoms with Crippen LogP contribution in [0.5, 0.6) is 5.75 Å². The fraction of sp³-hybridized carbons (Fsp3) is 0.409. The van der Waals surface area contributed by atoms with Crippen LogP contribution in [0.1, 0.15) is 18.4 Å². The summed E-state index contributed by atoms with van der Waals surface area (Å²) in [6.45, 7) is 2.67. The molecular weight excluding hydrogens is 392 g/mol. The first kappa shape index (κ1) is 20.0. The van der Waals surface area contributed by atoms with Gasteiger partial charge in [0.25, 0.3) is 0 Å². The molecule has 2 saturated heterocycles. The van der Waals surface area contributed by atoms with E-state index >= 15 is 0 Å². The summed E-state index contributed by atoms with van der Waals surface area (Å²) in [7, 11) is 1.63. The molecule has 0 radical (unpaired) electrons. The van der Waals surface area contributed by atoms with E-state index < -0.39 is 5.60 Å². The van der Waals surface area contributed by atoms with Gasteiger partial charge in [-0.25, -0.2) is 4.79 Å². The summed E-state index contributed by atoms with van der Waals surface area (Å²) in [4.78, 5) is 16.1. The summed E-state index contributed by atoms with van der Waals surface area (Å²) in [6.07, 6.45) is 0.761. The minimum Gasteiger partial charge on any atom is -0.497 e. The molecule has 2 fully saturated rings. The van der Waals surface area contributed by atoms with Crippen LogP contribution in [0, 0.1) is 0 Å². The number of hydrogen-bond donors (Lipinski definition) is 1. The summed E-state index contributed by atoms with van der Waals surface area (Å²) in [5, 5.41) is 11.7. The van der Waals surface area contributed by atoms with E-state index in [4.69, 9.17) is 21.1 Å². The number of halogens is 1. The predicted molar refractivity (Wildman–Crippen MR) is 112 cm³/mol. The lowest BCUT2D eigenvalue weighted by atomic mass is 9.84. The number of hydrogen-bond acceptors (Lipinski definition) is 5. The Morgan fingerprint density at radius 3 is 2.41 bits per heavy atom. The quantitative estimate of drug-likeness (QED) is 0.806. The number of likely N-dealkylation sites (tertiary alicyclic amines) is 1. The van der Waals surface area contributed by atoms with Gasteiger partial charge in [-0.2, -0.15) is 0 Å². The van der Waals surface area contributed by atoms with Crippen LogP contribution < -0.4 is 9.64 Å². The third-order valence-electron chi connectivity index (χ3n) is 5.78. The van der Waals surface area contributed by atoms with Crippen LogP contribution in [-0.2, 0) is 10.3 Å². The van der Waals surface area contributed by atoms with E-state index in [1.807, 2.05) is 36.4 Å². The third-order valence-corrected chi connectivity index (χ3v) is 6.04. The number of piperidine rings is 1. The SMILES string of the molecule is COc1ccc(C2(O)CCN(CC3CN(c4ccc(Cl)cc4)C(=O)O3)CC2)cc1. The van der Waals surface area contributed by atoms with Gasteiger partial charge in [0.2, 0.25) is 0 Å². The second kappa shape index (κ2) is 8.22.